The quantitative estimate of drug-likeness (QED) is 0.170. The topological polar surface area (TPSA) is 169 Å². The molecule has 3 atom stereocenters. The van der Waals surface area contributed by atoms with Gasteiger partial charge in [0.2, 0.25) is 5.78 Å². The summed E-state index contributed by atoms with van der Waals surface area (Å²) in [5.41, 5.74) is 0.866. The van der Waals surface area contributed by atoms with E-state index in [1.54, 1.807) is 41.5 Å². The molecular weight excluding hydrogens is 553 g/mol. The van der Waals surface area contributed by atoms with Crippen molar-refractivity contribution >= 4 is 25.7 Å². The summed E-state index contributed by atoms with van der Waals surface area (Å²) >= 11 is 0. The maximum absolute atomic E-state index is 12.7. The molecule has 1 aromatic rings. The molecule has 2 heterocycles. The number of H-pyrrole nitrogens is 1. The first kappa shape index (κ1) is 43.2. The lowest BCUT2D eigenvalue weighted by molar-refractivity contribution is -0.160. The Balaban J connectivity index is -0.00000165. The second-order valence-corrected chi connectivity index (χ2v) is 11.1. The smallest absolute Gasteiger partial charge is 0.330 e. The van der Waals surface area contributed by atoms with Gasteiger partial charge < -0.3 is 19.7 Å². The van der Waals surface area contributed by atoms with E-state index in [4.69, 9.17) is 18.5 Å². The highest BCUT2D eigenvalue weighted by Crippen LogP contribution is 2.43. The molecule has 2 rings (SSSR count). The van der Waals surface area contributed by atoms with Crippen molar-refractivity contribution in [2.45, 2.75) is 108 Å². The Morgan fingerprint density at radius 2 is 1.49 bits per heavy atom. The summed E-state index contributed by atoms with van der Waals surface area (Å²) in [4.78, 5) is 62.5. The molecule has 41 heavy (non-hydrogen) atoms. The third-order valence-electron chi connectivity index (χ3n) is 4.64. The lowest BCUT2D eigenvalue weighted by Crippen LogP contribution is -2.32. The number of carbonyl (C=O) groups is 3. The van der Waals surface area contributed by atoms with E-state index in [1.165, 1.54) is 23.9 Å². The molecule has 0 spiro atoms. The van der Waals surface area contributed by atoms with Gasteiger partial charge in [-0.15, -0.1) is 0 Å². The number of aromatic amines is 1. The lowest BCUT2D eigenvalue weighted by Gasteiger charge is -2.22. The molecule has 3 unspecified atom stereocenters. The van der Waals surface area contributed by atoms with Gasteiger partial charge in [-0.1, -0.05) is 62.3 Å². The molecule has 0 saturated carbocycles. The third-order valence-corrected chi connectivity index (χ3v) is 5.90. The molecule has 1 fully saturated rings. The van der Waals surface area contributed by atoms with Gasteiger partial charge in [0.1, 0.15) is 6.23 Å². The van der Waals surface area contributed by atoms with Crippen LogP contribution in [0.2, 0.25) is 0 Å². The largest absolute Gasteiger partial charge is 0.438 e. The number of aromatic nitrogens is 2. The third kappa shape index (κ3) is 16.1. The first-order chi connectivity index (χ1) is 19.2. The lowest BCUT2D eigenvalue weighted by atomic mass is 9.92. The van der Waals surface area contributed by atoms with E-state index in [1.807, 2.05) is 41.5 Å². The van der Waals surface area contributed by atoms with E-state index in [0.717, 1.165) is 0 Å². The Morgan fingerprint density at radius 1 is 0.951 bits per heavy atom. The van der Waals surface area contributed by atoms with E-state index in [2.05, 4.69) is 10.7 Å². The highest BCUT2D eigenvalue weighted by atomic mass is 31.2. The van der Waals surface area contributed by atoms with Crippen LogP contribution in [0.4, 0.5) is 0 Å². The van der Waals surface area contributed by atoms with E-state index < -0.39 is 66.9 Å². The molecule has 240 valence electrons. The fraction of sp³-hybridized carbons (Fsp3) is 0.750. The van der Waals surface area contributed by atoms with Crippen molar-refractivity contribution in [2.24, 2.45) is 16.6 Å². The number of Topliss-reactive ketones (excluding diaryl/α,β-unsaturated/α-hetero) is 1. The van der Waals surface area contributed by atoms with Crippen molar-refractivity contribution in [3.8, 4) is 0 Å². The zero-order valence-electron chi connectivity index (χ0n) is 27.3. The predicted octanol–water partition coefficient (Wildman–Crippen LogP) is 4.90. The predicted molar refractivity (Wildman–Crippen MR) is 162 cm³/mol. The molecule has 13 heteroatoms. The normalized spacial score (nSPS) is 16.5. The van der Waals surface area contributed by atoms with Gasteiger partial charge in [0.05, 0.1) is 18.1 Å². The van der Waals surface area contributed by atoms with Crippen molar-refractivity contribution in [3.63, 3.8) is 0 Å². The standard InChI is InChI=1S/C21H31N2O9P.3C2H6.CH5N/c1-20(2,3)16(25)17(26)33(31-12-29-18(27)21(4,5)6)30-11-13-7-8-15(32-13)23-10-9-14(24)22-19(23)28;4*1-2/h9-10,13,15H,7-8,11-12H2,1-6H3,(H,22,24,28);3*1-2H3;2H2,1H3. The second-order valence-electron chi connectivity index (χ2n) is 9.67. The average molecular weight is 608 g/mol. The molecule has 1 aliphatic rings. The molecular formula is C28H54N3O9P. The van der Waals surface area contributed by atoms with Crippen LogP contribution in [0.3, 0.4) is 0 Å². The van der Waals surface area contributed by atoms with Crippen molar-refractivity contribution in [3.05, 3.63) is 33.1 Å². The van der Waals surface area contributed by atoms with E-state index in [0.29, 0.717) is 12.8 Å². The van der Waals surface area contributed by atoms with Gasteiger partial charge in [-0.3, -0.25) is 33.3 Å². The van der Waals surface area contributed by atoms with Gasteiger partial charge in [0.15, 0.2) is 6.79 Å². The van der Waals surface area contributed by atoms with Crippen LogP contribution in [0.1, 0.15) is 102 Å². The fourth-order valence-corrected chi connectivity index (χ4v) is 3.98. The molecule has 3 N–H and O–H groups in total. The van der Waals surface area contributed by atoms with Crippen LogP contribution in [0.25, 0.3) is 0 Å². The minimum absolute atomic E-state index is 0.0727. The Bertz CT molecular complexity index is 995. The summed E-state index contributed by atoms with van der Waals surface area (Å²) in [5.74, 6) is -1.19. The number of nitrogens with two attached hydrogens (primary N) is 1. The molecule has 0 amide bonds. The summed E-state index contributed by atoms with van der Waals surface area (Å²) in [7, 11) is -0.849. The Hall–Kier alpha value is -2.24. The van der Waals surface area contributed by atoms with Crippen LogP contribution in [0.15, 0.2) is 21.9 Å². The summed E-state index contributed by atoms with van der Waals surface area (Å²) < 4.78 is 23.1. The number of esters is 1. The monoisotopic (exact) mass is 607 g/mol. The number of hydrogen-bond acceptors (Lipinski definition) is 10. The second kappa shape index (κ2) is 22.4. The van der Waals surface area contributed by atoms with Crippen LogP contribution in [0, 0.1) is 10.8 Å². The molecule has 1 aromatic heterocycles. The average Bonchev–Trinajstić information content (AvgIpc) is 3.41. The van der Waals surface area contributed by atoms with Crippen molar-refractivity contribution < 1.29 is 32.9 Å². The van der Waals surface area contributed by atoms with Crippen LogP contribution < -0.4 is 17.0 Å². The van der Waals surface area contributed by atoms with Gasteiger partial charge in [-0.2, -0.15) is 0 Å². The zero-order valence-corrected chi connectivity index (χ0v) is 28.2. The number of ether oxygens (including phenoxy) is 2. The fourth-order valence-electron chi connectivity index (χ4n) is 2.72. The van der Waals surface area contributed by atoms with Gasteiger partial charge in [-0.25, -0.2) is 4.79 Å². The zero-order chi connectivity index (χ0) is 33.0. The van der Waals surface area contributed by atoms with Crippen molar-refractivity contribution in [1.82, 2.24) is 9.55 Å². The van der Waals surface area contributed by atoms with Crippen LogP contribution in [-0.4, -0.2) is 53.4 Å². The number of hydrogen-bond donors (Lipinski definition) is 2. The molecule has 0 aromatic carbocycles. The van der Waals surface area contributed by atoms with E-state index >= 15 is 0 Å². The molecule has 1 aliphatic heterocycles. The Labute approximate surface area is 246 Å². The summed E-state index contributed by atoms with van der Waals surface area (Å²) in [6.45, 7) is 21.2. The minimum atomic E-state index is -2.35. The highest BCUT2D eigenvalue weighted by Gasteiger charge is 2.37. The van der Waals surface area contributed by atoms with Crippen molar-refractivity contribution in [2.75, 3.05) is 20.4 Å². The van der Waals surface area contributed by atoms with Gasteiger partial charge in [0.25, 0.3) is 19.5 Å². The minimum Gasteiger partial charge on any atom is -0.438 e. The molecule has 1 saturated heterocycles. The summed E-state index contributed by atoms with van der Waals surface area (Å²) in [5, 5.41) is 0. The van der Waals surface area contributed by atoms with E-state index in [-0.39, 0.29) is 6.61 Å². The Kier molecular flexibility index (Phi) is 23.6. The molecule has 12 nitrogen and oxygen atoms in total. The van der Waals surface area contributed by atoms with Gasteiger partial charge in [-0.05, 0) is 40.7 Å². The number of rotatable bonds is 9. The van der Waals surface area contributed by atoms with Crippen molar-refractivity contribution in [1.29, 1.82) is 0 Å². The molecule has 0 bridgehead atoms. The summed E-state index contributed by atoms with van der Waals surface area (Å²) in [6, 6.07) is 1.22. The van der Waals surface area contributed by atoms with Gasteiger partial charge in [0, 0.05) is 17.7 Å². The van der Waals surface area contributed by atoms with E-state index in [9.17, 15) is 24.0 Å². The Morgan fingerprint density at radius 3 is 1.95 bits per heavy atom. The van der Waals surface area contributed by atoms with Crippen LogP contribution >= 0.6 is 8.38 Å². The first-order valence-corrected chi connectivity index (χ1v) is 15.2. The number of carbonyl (C=O) groups excluding carboxylic acids is 3. The van der Waals surface area contributed by atoms with Crippen LogP contribution in [-0.2, 0) is 32.9 Å². The molecule has 0 radical (unpaired) electrons. The highest BCUT2D eigenvalue weighted by molar-refractivity contribution is 7.69. The van der Waals surface area contributed by atoms with Crippen LogP contribution in [0.5, 0.6) is 0 Å². The number of nitrogens with zero attached hydrogens (tertiary/aromatic N) is 1. The molecule has 0 aliphatic carbocycles. The maximum atomic E-state index is 12.7. The van der Waals surface area contributed by atoms with Gasteiger partial charge >= 0.3 is 11.7 Å². The summed E-state index contributed by atoms with van der Waals surface area (Å²) in [6.07, 6.45) is 1.27. The SMILES string of the molecule is CC.CC.CC.CC(C)(C)C(=O)OCOP(OCC1CCC(n2ccc(=O)[nH]c2=O)O1)C(=O)C(=O)C(C)(C)C.CN. The first-order valence-electron chi connectivity index (χ1n) is 14.1. The number of nitrogens with one attached hydrogen (secondary N) is 1. The number of ketones is 1. The maximum Gasteiger partial charge on any atom is 0.330 e.